The molecule has 0 aliphatic carbocycles. The number of amides is 3. The van der Waals surface area contributed by atoms with E-state index in [-0.39, 0.29) is 18.7 Å². The maximum atomic E-state index is 12.7. The van der Waals surface area contributed by atoms with Crippen molar-refractivity contribution in [3.8, 4) is 11.5 Å². The highest BCUT2D eigenvalue weighted by atomic mass is 16.5. The molecule has 6 N–H and O–H groups in total. The Bertz CT molecular complexity index is 1220. The Hall–Kier alpha value is -4.37. The maximum Gasteiger partial charge on any atom is 0.237 e. The van der Waals surface area contributed by atoms with Crippen LogP contribution in [0.5, 0.6) is 11.5 Å². The van der Waals surface area contributed by atoms with Gasteiger partial charge in [0.05, 0.1) is 18.9 Å². The van der Waals surface area contributed by atoms with Gasteiger partial charge in [-0.05, 0) is 36.5 Å². The predicted octanol–water partition coefficient (Wildman–Crippen LogP) is 2.99. The Morgan fingerprint density at radius 2 is 1.35 bits per heavy atom. The van der Waals surface area contributed by atoms with Crippen LogP contribution in [0.4, 0.5) is 0 Å². The van der Waals surface area contributed by atoms with E-state index in [1.807, 2.05) is 78.9 Å². The van der Waals surface area contributed by atoms with E-state index in [4.69, 9.17) is 20.9 Å². The molecule has 0 spiro atoms. The Labute approximate surface area is 235 Å². The normalized spacial score (nSPS) is 11.3. The van der Waals surface area contributed by atoms with Crippen molar-refractivity contribution in [3.05, 3.63) is 95.6 Å². The first kappa shape index (κ1) is 30.2. The number of carbonyl (C=O) groups is 3. The lowest BCUT2D eigenvalue weighted by molar-refractivity contribution is -0.126. The molecule has 3 rings (SSSR count). The molecule has 3 aromatic carbocycles. The third kappa shape index (κ3) is 11.2. The molecular weight excluding hydrogens is 508 g/mol. The minimum absolute atomic E-state index is 0.103. The van der Waals surface area contributed by atoms with E-state index in [2.05, 4.69) is 10.6 Å². The third-order valence-electron chi connectivity index (χ3n) is 6.11. The van der Waals surface area contributed by atoms with Crippen LogP contribution in [0, 0.1) is 0 Å². The summed E-state index contributed by atoms with van der Waals surface area (Å²) in [5.41, 5.74) is 13.5. The molecule has 9 heteroatoms. The van der Waals surface area contributed by atoms with Gasteiger partial charge in [0.25, 0.3) is 0 Å². The first-order valence-electron chi connectivity index (χ1n) is 13.5. The number of hydrogen-bond donors (Lipinski definition) is 4. The molecule has 3 amide bonds. The van der Waals surface area contributed by atoms with Crippen LogP contribution in [0.15, 0.2) is 78.9 Å². The molecule has 40 heavy (non-hydrogen) atoms. The van der Waals surface area contributed by atoms with Crippen molar-refractivity contribution in [2.24, 2.45) is 11.5 Å². The topological polar surface area (TPSA) is 146 Å². The number of nitrogens with two attached hydrogens (primary N) is 2. The summed E-state index contributed by atoms with van der Waals surface area (Å²) in [4.78, 5) is 35.3. The van der Waals surface area contributed by atoms with Gasteiger partial charge < -0.3 is 31.6 Å². The summed E-state index contributed by atoms with van der Waals surface area (Å²) in [5.74, 6) is 0.163. The van der Waals surface area contributed by atoms with E-state index >= 15 is 0 Å². The highest BCUT2D eigenvalue weighted by molar-refractivity contribution is 5.87. The van der Waals surface area contributed by atoms with Crippen LogP contribution in [0.1, 0.15) is 42.4 Å². The molecule has 1 atom stereocenters. The number of rotatable bonds is 17. The van der Waals surface area contributed by atoms with Gasteiger partial charge in [-0.1, -0.05) is 66.7 Å². The minimum atomic E-state index is -0.928. The zero-order chi connectivity index (χ0) is 28.6. The summed E-state index contributed by atoms with van der Waals surface area (Å²) < 4.78 is 12.1. The van der Waals surface area contributed by atoms with Crippen LogP contribution in [-0.2, 0) is 34.0 Å². The van der Waals surface area contributed by atoms with Crippen LogP contribution in [0.2, 0.25) is 0 Å². The number of unbranched alkanes of at least 4 members (excludes halogenated alkanes) is 2. The van der Waals surface area contributed by atoms with Gasteiger partial charge in [-0.2, -0.15) is 0 Å². The largest absolute Gasteiger partial charge is 0.489 e. The molecule has 0 bridgehead atoms. The number of benzene rings is 3. The van der Waals surface area contributed by atoms with Gasteiger partial charge in [0.2, 0.25) is 17.7 Å². The van der Waals surface area contributed by atoms with E-state index in [1.54, 1.807) is 0 Å². The molecule has 0 heterocycles. The van der Waals surface area contributed by atoms with E-state index in [0.29, 0.717) is 37.8 Å². The molecule has 0 fully saturated rings. The van der Waals surface area contributed by atoms with Crippen LogP contribution >= 0.6 is 0 Å². The van der Waals surface area contributed by atoms with Gasteiger partial charge in [-0.25, -0.2) is 0 Å². The quantitative estimate of drug-likeness (QED) is 0.192. The standard InChI is InChI=1S/C31H38N4O5/c32-27(20-29(33)36)31(38)35-17-9-3-8-16-34-30(37)18-25-14-15-26(39-21-23-10-4-1-5-11-23)19-28(25)40-22-24-12-6-2-7-13-24/h1-2,4-7,10-15,19,27H,3,8-9,16-18,20-22,32H2,(H2,33,36)(H,34,37)(H,35,38)/t27-/m0/s1. The second-order valence-corrected chi connectivity index (χ2v) is 9.47. The smallest absolute Gasteiger partial charge is 0.237 e. The summed E-state index contributed by atoms with van der Waals surface area (Å²) in [5, 5.41) is 5.64. The number of hydrogen-bond acceptors (Lipinski definition) is 6. The lowest BCUT2D eigenvalue weighted by atomic mass is 10.1. The maximum absolute atomic E-state index is 12.7. The molecule has 212 valence electrons. The lowest BCUT2D eigenvalue weighted by Gasteiger charge is -2.15. The van der Waals surface area contributed by atoms with Crippen molar-refractivity contribution in [3.63, 3.8) is 0 Å². The summed E-state index contributed by atoms with van der Waals surface area (Å²) in [6.07, 6.45) is 2.30. The Kier molecular flexibility index (Phi) is 12.5. The number of carbonyl (C=O) groups excluding carboxylic acids is 3. The van der Waals surface area contributed by atoms with Crippen molar-refractivity contribution >= 4 is 17.7 Å². The summed E-state index contributed by atoms with van der Waals surface area (Å²) in [6, 6.07) is 24.4. The molecule has 0 unspecified atom stereocenters. The molecule has 0 aliphatic heterocycles. The van der Waals surface area contributed by atoms with Gasteiger partial charge in [0.1, 0.15) is 24.7 Å². The number of ether oxygens (including phenoxy) is 2. The van der Waals surface area contributed by atoms with E-state index < -0.39 is 17.9 Å². The Morgan fingerprint density at radius 3 is 1.98 bits per heavy atom. The van der Waals surface area contributed by atoms with Crippen molar-refractivity contribution in [1.29, 1.82) is 0 Å². The predicted molar refractivity (Wildman–Crippen MR) is 153 cm³/mol. The van der Waals surface area contributed by atoms with Gasteiger partial charge in [-0.3, -0.25) is 14.4 Å². The number of nitrogens with one attached hydrogen (secondary N) is 2. The molecule has 9 nitrogen and oxygen atoms in total. The van der Waals surface area contributed by atoms with Gasteiger partial charge in [-0.15, -0.1) is 0 Å². The van der Waals surface area contributed by atoms with E-state index in [0.717, 1.165) is 36.0 Å². The van der Waals surface area contributed by atoms with Gasteiger partial charge in [0.15, 0.2) is 0 Å². The van der Waals surface area contributed by atoms with Crippen molar-refractivity contribution in [2.75, 3.05) is 13.1 Å². The Morgan fingerprint density at radius 1 is 0.750 bits per heavy atom. The van der Waals surface area contributed by atoms with Crippen LogP contribution in [0.25, 0.3) is 0 Å². The zero-order valence-electron chi connectivity index (χ0n) is 22.6. The van der Waals surface area contributed by atoms with Gasteiger partial charge >= 0.3 is 0 Å². The van der Waals surface area contributed by atoms with Crippen LogP contribution in [-0.4, -0.2) is 36.9 Å². The first-order valence-corrected chi connectivity index (χ1v) is 13.5. The average Bonchev–Trinajstić information content (AvgIpc) is 2.96. The SMILES string of the molecule is NC(=O)C[C@H](N)C(=O)NCCCCCNC(=O)Cc1ccc(OCc2ccccc2)cc1OCc1ccccc1. The third-order valence-corrected chi connectivity index (χ3v) is 6.11. The zero-order valence-corrected chi connectivity index (χ0v) is 22.6. The minimum Gasteiger partial charge on any atom is -0.489 e. The van der Waals surface area contributed by atoms with Crippen molar-refractivity contribution in [1.82, 2.24) is 10.6 Å². The molecule has 0 aromatic heterocycles. The second-order valence-electron chi connectivity index (χ2n) is 9.47. The fourth-order valence-electron chi connectivity index (χ4n) is 3.92. The molecule has 3 aromatic rings. The first-order chi connectivity index (χ1) is 19.4. The fraction of sp³-hybridized carbons (Fsp3) is 0.323. The molecule has 0 radical (unpaired) electrons. The Balaban J connectivity index is 1.46. The fourth-order valence-corrected chi connectivity index (χ4v) is 3.92. The van der Waals surface area contributed by atoms with Crippen LogP contribution < -0.4 is 31.6 Å². The van der Waals surface area contributed by atoms with E-state index in [9.17, 15) is 14.4 Å². The van der Waals surface area contributed by atoms with Crippen molar-refractivity contribution in [2.45, 2.75) is 51.4 Å². The molecule has 0 saturated heterocycles. The monoisotopic (exact) mass is 546 g/mol. The highest BCUT2D eigenvalue weighted by Gasteiger charge is 2.15. The molecular formula is C31H38N4O5. The average molecular weight is 547 g/mol. The summed E-state index contributed by atoms with van der Waals surface area (Å²) in [6.45, 7) is 1.77. The number of primary amides is 1. The van der Waals surface area contributed by atoms with Crippen molar-refractivity contribution < 1.29 is 23.9 Å². The van der Waals surface area contributed by atoms with E-state index in [1.165, 1.54) is 0 Å². The molecule has 0 saturated carbocycles. The van der Waals surface area contributed by atoms with Crippen LogP contribution in [0.3, 0.4) is 0 Å². The van der Waals surface area contributed by atoms with Gasteiger partial charge in [0, 0.05) is 24.7 Å². The highest BCUT2D eigenvalue weighted by Crippen LogP contribution is 2.27. The molecule has 0 aliphatic rings. The second kappa shape index (κ2) is 16.6. The summed E-state index contributed by atoms with van der Waals surface area (Å²) in [7, 11) is 0. The summed E-state index contributed by atoms with van der Waals surface area (Å²) >= 11 is 0. The lowest BCUT2D eigenvalue weighted by Crippen LogP contribution is -2.43.